The largest absolute Gasteiger partial charge is 0.502 e. The number of aromatic hydroxyl groups is 1. The summed E-state index contributed by atoms with van der Waals surface area (Å²) in [6.07, 6.45) is 0. The van der Waals surface area contributed by atoms with E-state index in [-0.39, 0.29) is 16.7 Å². The molecule has 0 aliphatic rings. The van der Waals surface area contributed by atoms with E-state index in [2.05, 4.69) is 0 Å². The lowest BCUT2D eigenvalue weighted by atomic mass is 10.1. The van der Waals surface area contributed by atoms with Crippen molar-refractivity contribution in [3.63, 3.8) is 0 Å². The summed E-state index contributed by atoms with van der Waals surface area (Å²) in [4.78, 5) is 12.4. The highest BCUT2D eigenvalue weighted by atomic mass is 35.5. The second kappa shape index (κ2) is 5.85. The predicted octanol–water partition coefficient (Wildman–Crippen LogP) is 3.84. The standard InChI is InChI=1S/C17H13ClO5/c1-21-13-7-11-12(8-14(13)22-2)23-17(16(20)15(11)19)9-3-5-10(18)6-4-9/h3-8,20H,1-2H3. The van der Waals surface area contributed by atoms with Crippen LogP contribution in [0.3, 0.4) is 0 Å². The summed E-state index contributed by atoms with van der Waals surface area (Å²) in [6, 6.07) is 9.64. The van der Waals surface area contributed by atoms with E-state index in [4.69, 9.17) is 25.5 Å². The summed E-state index contributed by atoms with van der Waals surface area (Å²) in [5.74, 6) is 0.417. The van der Waals surface area contributed by atoms with Crippen LogP contribution in [-0.2, 0) is 0 Å². The van der Waals surface area contributed by atoms with Crippen molar-refractivity contribution >= 4 is 22.6 Å². The summed E-state index contributed by atoms with van der Waals surface area (Å²) < 4.78 is 16.1. The van der Waals surface area contributed by atoms with Crippen LogP contribution in [0.5, 0.6) is 17.2 Å². The van der Waals surface area contributed by atoms with E-state index in [1.165, 1.54) is 20.3 Å². The zero-order valence-corrected chi connectivity index (χ0v) is 13.2. The van der Waals surface area contributed by atoms with Gasteiger partial charge in [-0.15, -0.1) is 0 Å². The summed E-state index contributed by atoms with van der Waals surface area (Å²) >= 11 is 5.85. The Bertz CT molecular complexity index is 928. The lowest BCUT2D eigenvalue weighted by Crippen LogP contribution is -2.03. The Morgan fingerprint density at radius 3 is 2.26 bits per heavy atom. The number of hydrogen-bond acceptors (Lipinski definition) is 5. The summed E-state index contributed by atoms with van der Waals surface area (Å²) in [5, 5.41) is 10.9. The van der Waals surface area contributed by atoms with Crippen LogP contribution in [0.25, 0.3) is 22.3 Å². The molecule has 23 heavy (non-hydrogen) atoms. The van der Waals surface area contributed by atoms with Crippen LogP contribution >= 0.6 is 11.6 Å². The first-order valence-electron chi connectivity index (χ1n) is 6.73. The fraction of sp³-hybridized carbons (Fsp3) is 0.118. The van der Waals surface area contributed by atoms with Crippen molar-refractivity contribution in [2.45, 2.75) is 0 Å². The maximum absolute atomic E-state index is 12.4. The third-order valence-corrected chi connectivity index (χ3v) is 3.73. The molecule has 3 aromatic rings. The highest BCUT2D eigenvalue weighted by Gasteiger charge is 2.18. The topological polar surface area (TPSA) is 68.9 Å². The monoisotopic (exact) mass is 332 g/mol. The summed E-state index contributed by atoms with van der Waals surface area (Å²) in [6.45, 7) is 0. The van der Waals surface area contributed by atoms with Crippen molar-refractivity contribution in [2.24, 2.45) is 0 Å². The molecule has 2 aromatic carbocycles. The number of benzene rings is 2. The molecule has 6 heteroatoms. The Labute approximate surface area is 136 Å². The predicted molar refractivity (Wildman–Crippen MR) is 87.7 cm³/mol. The third kappa shape index (κ3) is 2.59. The van der Waals surface area contributed by atoms with Crippen LogP contribution in [0.15, 0.2) is 45.6 Å². The fourth-order valence-electron chi connectivity index (χ4n) is 2.31. The quantitative estimate of drug-likeness (QED) is 0.789. The number of halogens is 1. The number of rotatable bonds is 3. The maximum atomic E-state index is 12.4. The third-order valence-electron chi connectivity index (χ3n) is 3.48. The van der Waals surface area contributed by atoms with E-state index in [9.17, 15) is 9.90 Å². The second-order valence-corrected chi connectivity index (χ2v) is 5.26. The van der Waals surface area contributed by atoms with Crippen molar-refractivity contribution in [1.82, 2.24) is 0 Å². The first kappa shape index (κ1) is 15.2. The molecule has 0 saturated carbocycles. The number of ether oxygens (including phenoxy) is 2. The zero-order valence-electron chi connectivity index (χ0n) is 12.4. The summed E-state index contributed by atoms with van der Waals surface area (Å²) in [7, 11) is 2.95. The SMILES string of the molecule is COc1cc2oc(-c3ccc(Cl)cc3)c(O)c(=O)c2cc1OC. The van der Waals surface area contributed by atoms with Crippen molar-refractivity contribution < 1.29 is 19.0 Å². The average molecular weight is 333 g/mol. The van der Waals surface area contributed by atoms with Gasteiger partial charge in [-0.05, 0) is 30.3 Å². The minimum absolute atomic E-state index is 0.0754. The smallest absolute Gasteiger partial charge is 0.235 e. The highest BCUT2D eigenvalue weighted by molar-refractivity contribution is 6.30. The molecule has 0 fully saturated rings. The van der Waals surface area contributed by atoms with Gasteiger partial charge in [-0.3, -0.25) is 4.79 Å². The van der Waals surface area contributed by atoms with Gasteiger partial charge in [0.05, 0.1) is 19.6 Å². The van der Waals surface area contributed by atoms with Gasteiger partial charge in [0.2, 0.25) is 11.2 Å². The van der Waals surface area contributed by atoms with E-state index < -0.39 is 11.2 Å². The van der Waals surface area contributed by atoms with E-state index in [0.29, 0.717) is 22.1 Å². The lowest BCUT2D eigenvalue weighted by Gasteiger charge is -2.10. The fourth-order valence-corrected chi connectivity index (χ4v) is 2.43. The van der Waals surface area contributed by atoms with Gasteiger partial charge in [0.25, 0.3) is 0 Å². The van der Waals surface area contributed by atoms with E-state index in [1.807, 2.05) is 0 Å². The lowest BCUT2D eigenvalue weighted by molar-refractivity contribution is 0.355. The van der Waals surface area contributed by atoms with Gasteiger partial charge in [-0.25, -0.2) is 0 Å². The Morgan fingerprint density at radius 1 is 1.04 bits per heavy atom. The Kier molecular flexibility index (Phi) is 3.88. The molecule has 0 unspecified atom stereocenters. The van der Waals surface area contributed by atoms with Crippen LogP contribution in [0.1, 0.15) is 0 Å². The van der Waals surface area contributed by atoms with Crippen LogP contribution < -0.4 is 14.9 Å². The normalized spacial score (nSPS) is 10.7. The molecule has 1 aromatic heterocycles. The van der Waals surface area contributed by atoms with Gasteiger partial charge in [-0.1, -0.05) is 11.6 Å². The van der Waals surface area contributed by atoms with Crippen LogP contribution in [-0.4, -0.2) is 19.3 Å². The Hall–Kier alpha value is -2.66. The number of fused-ring (bicyclic) bond motifs is 1. The minimum Gasteiger partial charge on any atom is -0.502 e. The van der Waals surface area contributed by atoms with Gasteiger partial charge in [0.15, 0.2) is 17.3 Å². The van der Waals surface area contributed by atoms with Crippen LogP contribution in [0, 0.1) is 0 Å². The van der Waals surface area contributed by atoms with Crippen LogP contribution in [0.4, 0.5) is 0 Å². The second-order valence-electron chi connectivity index (χ2n) is 4.82. The molecule has 0 saturated heterocycles. The molecule has 118 valence electrons. The molecular formula is C17H13ClO5. The first-order valence-corrected chi connectivity index (χ1v) is 7.10. The highest BCUT2D eigenvalue weighted by Crippen LogP contribution is 2.35. The molecule has 1 heterocycles. The molecule has 0 aliphatic carbocycles. The van der Waals surface area contributed by atoms with Crippen molar-refractivity contribution in [3.05, 3.63) is 51.6 Å². The molecule has 3 rings (SSSR count). The molecule has 0 radical (unpaired) electrons. The molecule has 0 atom stereocenters. The number of methoxy groups -OCH3 is 2. The minimum atomic E-state index is -0.544. The van der Waals surface area contributed by atoms with Gasteiger partial charge in [0, 0.05) is 16.7 Å². The van der Waals surface area contributed by atoms with Gasteiger partial charge in [-0.2, -0.15) is 0 Å². The molecule has 1 N–H and O–H groups in total. The molecule has 0 amide bonds. The van der Waals surface area contributed by atoms with Gasteiger partial charge < -0.3 is 19.0 Å². The van der Waals surface area contributed by atoms with E-state index in [1.54, 1.807) is 30.3 Å². The van der Waals surface area contributed by atoms with Gasteiger partial charge >= 0.3 is 0 Å². The van der Waals surface area contributed by atoms with Crippen molar-refractivity contribution in [2.75, 3.05) is 14.2 Å². The Balaban J connectivity index is 2.31. The van der Waals surface area contributed by atoms with E-state index in [0.717, 1.165) is 0 Å². The van der Waals surface area contributed by atoms with Crippen molar-refractivity contribution in [3.8, 4) is 28.6 Å². The molecular weight excluding hydrogens is 320 g/mol. The Morgan fingerprint density at radius 2 is 1.65 bits per heavy atom. The van der Waals surface area contributed by atoms with Crippen LogP contribution in [0.2, 0.25) is 5.02 Å². The molecule has 0 bridgehead atoms. The number of hydrogen-bond donors (Lipinski definition) is 1. The van der Waals surface area contributed by atoms with E-state index >= 15 is 0 Å². The zero-order chi connectivity index (χ0) is 16.6. The van der Waals surface area contributed by atoms with Gasteiger partial charge in [0.1, 0.15) is 5.58 Å². The maximum Gasteiger partial charge on any atom is 0.235 e. The molecule has 0 spiro atoms. The first-order chi connectivity index (χ1) is 11.0. The summed E-state index contributed by atoms with van der Waals surface area (Å²) in [5.41, 5.74) is 0.285. The van der Waals surface area contributed by atoms with Crippen molar-refractivity contribution in [1.29, 1.82) is 0 Å². The molecule has 0 aliphatic heterocycles. The average Bonchev–Trinajstić information content (AvgIpc) is 2.58. The molecule has 5 nitrogen and oxygen atoms in total.